The molecule has 120 valence electrons. The van der Waals surface area contributed by atoms with Crippen LogP contribution < -0.4 is 0 Å². The lowest BCUT2D eigenvalue weighted by Crippen LogP contribution is -2.41. The van der Waals surface area contributed by atoms with Crippen LogP contribution in [-0.2, 0) is 16.6 Å². The van der Waals surface area contributed by atoms with Crippen molar-refractivity contribution in [3.05, 3.63) is 27.6 Å². The first kappa shape index (κ1) is 15.1. The van der Waals surface area contributed by atoms with E-state index in [1.54, 1.807) is 0 Å². The van der Waals surface area contributed by atoms with E-state index in [1.807, 2.05) is 0 Å². The van der Waals surface area contributed by atoms with Crippen molar-refractivity contribution in [2.45, 2.75) is 50.4 Å². The molecule has 1 saturated carbocycles. The molecule has 0 bridgehead atoms. The van der Waals surface area contributed by atoms with Gasteiger partial charge in [0, 0.05) is 18.1 Å². The average molecular weight is 352 g/mol. The molecule has 7 heteroatoms. The predicted octanol–water partition coefficient (Wildman–Crippen LogP) is 4.16. The van der Waals surface area contributed by atoms with Gasteiger partial charge in [0.25, 0.3) is 0 Å². The lowest BCUT2D eigenvalue weighted by Gasteiger charge is -2.37. The molecule has 0 unspecified atom stereocenters. The molecule has 1 fully saturated rings. The number of rotatable bonds is 1. The first-order valence-corrected chi connectivity index (χ1v) is 8.58. The number of ketones is 1. The summed E-state index contributed by atoms with van der Waals surface area (Å²) in [5.41, 5.74) is 1.24. The van der Waals surface area contributed by atoms with Crippen LogP contribution in [0.15, 0.2) is 10.6 Å². The van der Waals surface area contributed by atoms with Gasteiger partial charge in [-0.3, -0.25) is 4.79 Å². The molecule has 0 aromatic carbocycles. The van der Waals surface area contributed by atoms with E-state index in [2.05, 4.69) is 15.1 Å². The first-order valence-electron chi connectivity index (χ1n) is 7.83. The second-order valence-corrected chi connectivity index (χ2v) is 7.02. The van der Waals surface area contributed by atoms with Crippen molar-refractivity contribution in [1.82, 2.24) is 15.1 Å². The molecule has 2 aliphatic rings. The maximum absolute atomic E-state index is 12.6. The molecule has 1 spiro atoms. The summed E-state index contributed by atoms with van der Waals surface area (Å²) in [5.74, 6) is 1.10. The smallest absolute Gasteiger partial charge is 0.207 e. The second-order valence-electron chi connectivity index (χ2n) is 6.24. The highest BCUT2D eigenvalue weighted by molar-refractivity contribution is 6.33. The standard InChI is InChI=1S/C16H15Cl2N3O2/c17-11-8-12(18)20-15(19-11)13-9-4-3-7-16(14(9)21-23-13)6-2-1-5-10(16)22/h8H,1-7H2/t16-/m1/s1. The molecular weight excluding hydrogens is 337 g/mol. The van der Waals surface area contributed by atoms with Crippen LogP contribution in [0.1, 0.15) is 49.8 Å². The highest BCUT2D eigenvalue weighted by Gasteiger charge is 2.47. The fourth-order valence-electron chi connectivity index (χ4n) is 3.88. The van der Waals surface area contributed by atoms with Crippen LogP contribution in [0.2, 0.25) is 10.3 Å². The summed E-state index contributed by atoms with van der Waals surface area (Å²) < 4.78 is 5.54. The summed E-state index contributed by atoms with van der Waals surface area (Å²) in [5, 5.41) is 4.77. The van der Waals surface area contributed by atoms with Crippen molar-refractivity contribution in [3.63, 3.8) is 0 Å². The van der Waals surface area contributed by atoms with Gasteiger partial charge in [-0.25, -0.2) is 9.97 Å². The van der Waals surface area contributed by atoms with Crippen LogP contribution in [0.5, 0.6) is 0 Å². The average Bonchev–Trinajstić information content (AvgIpc) is 2.95. The van der Waals surface area contributed by atoms with E-state index in [1.165, 1.54) is 6.07 Å². The van der Waals surface area contributed by atoms with Crippen LogP contribution in [0, 0.1) is 0 Å². The molecule has 0 aliphatic heterocycles. The van der Waals surface area contributed by atoms with Crippen molar-refractivity contribution >= 4 is 29.0 Å². The van der Waals surface area contributed by atoms with Crippen LogP contribution in [0.3, 0.4) is 0 Å². The van der Waals surface area contributed by atoms with E-state index in [9.17, 15) is 4.79 Å². The number of carbonyl (C=O) groups is 1. The van der Waals surface area contributed by atoms with Crippen LogP contribution >= 0.6 is 23.2 Å². The highest BCUT2D eigenvalue weighted by Crippen LogP contribution is 2.47. The van der Waals surface area contributed by atoms with Gasteiger partial charge in [0.1, 0.15) is 21.8 Å². The summed E-state index contributed by atoms with van der Waals surface area (Å²) >= 11 is 11.9. The summed E-state index contributed by atoms with van der Waals surface area (Å²) in [6.45, 7) is 0. The maximum Gasteiger partial charge on any atom is 0.207 e. The van der Waals surface area contributed by atoms with E-state index < -0.39 is 5.41 Å². The monoisotopic (exact) mass is 351 g/mol. The topological polar surface area (TPSA) is 68.9 Å². The van der Waals surface area contributed by atoms with Crippen molar-refractivity contribution in [1.29, 1.82) is 0 Å². The minimum atomic E-state index is -0.476. The molecule has 23 heavy (non-hydrogen) atoms. The third-order valence-electron chi connectivity index (χ3n) is 4.93. The quantitative estimate of drug-likeness (QED) is 0.721. The highest BCUT2D eigenvalue weighted by atomic mass is 35.5. The Balaban J connectivity index is 1.84. The number of hydrogen-bond acceptors (Lipinski definition) is 5. The van der Waals surface area contributed by atoms with Gasteiger partial charge in [-0.05, 0) is 32.1 Å². The van der Waals surface area contributed by atoms with Gasteiger partial charge in [-0.2, -0.15) is 0 Å². The SMILES string of the molecule is O=C1CCCC[C@@]12CCCc1c2noc1-c1nc(Cl)cc(Cl)n1. The van der Waals surface area contributed by atoms with E-state index >= 15 is 0 Å². The Morgan fingerprint density at radius 1 is 1.04 bits per heavy atom. The molecule has 0 radical (unpaired) electrons. The number of hydrogen-bond donors (Lipinski definition) is 0. The minimum absolute atomic E-state index is 0.254. The van der Waals surface area contributed by atoms with Crippen LogP contribution in [0.25, 0.3) is 11.6 Å². The Morgan fingerprint density at radius 3 is 2.52 bits per heavy atom. The van der Waals surface area contributed by atoms with Crippen molar-refractivity contribution in [2.75, 3.05) is 0 Å². The van der Waals surface area contributed by atoms with Gasteiger partial charge in [-0.15, -0.1) is 0 Å². The van der Waals surface area contributed by atoms with E-state index in [-0.39, 0.29) is 16.1 Å². The number of aromatic nitrogens is 3. The van der Waals surface area contributed by atoms with E-state index in [0.717, 1.165) is 49.8 Å². The normalized spacial score (nSPS) is 24.0. The van der Waals surface area contributed by atoms with Gasteiger partial charge in [-0.1, -0.05) is 34.8 Å². The lowest BCUT2D eigenvalue weighted by molar-refractivity contribution is -0.127. The number of fused-ring (bicyclic) bond motifs is 2. The van der Waals surface area contributed by atoms with Crippen molar-refractivity contribution < 1.29 is 9.32 Å². The molecule has 0 N–H and O–H groups in total. The fraction of sp³-hybridized carbons (Fsp3) is 0.500. The molecule has 1 atom stereocenters. The molecule has 0 amide bonds. The number of halogens is 2. The summed E-state index contributed by atoms with van der Waals surface area (Å²) in [7, 11) is 0. The minimum Gasteiger partial charge on any atom is -0.352 e. The largest absolute Gasteiger partial charge is 0.352 e. The fourth-order valence-corrected chi connectivity index (χ4v) is 4.30. The predicted molar refractivity (Wildman–Crippen MR) is 85.6 cm³/mol. The number of Topliss-reactive ketones (excluding diaryl/α,β-unsaturated/α-hetero) is 1. The Hall–Kier alpha value is -1.46. The summed E-state index contributed by atoms with van der Waals surface area (Å²) in [6, 6.07) is 1.47. The number of nitrogens with zero attached hydrogens (tertiary/aromatic N) is 3. The molecule has 2 heterocycles. The summed E-state index contributed by atoms with van der Waals surface area (Å²) in [4.78, 5) is 21.0. The molecule has 5 nitrogen and oxygen atoms in total. The van der Waals surface area contributed by atoms with Gasteiger partial charge in [0.05, 0.1) is 5.41 Å². The van der Waals surface area contributed by atoms with Crippen LogP contribution in [0.4, 0.5) is 0 Å². The van der Waals surface area contributed by atoms with Crippen molar-refractivity contribution in [2.24, 2.45) is 0 Å². The van der Waals surface area contributed by atoms with E-state index in [4.69, 9.17) is 27.7 Å². The summed E-state index contributed by atoms with van der Waals surface area (Å²) in [6.07, 6.45) is 6.07. The van der Waals surface area contributed by atoms with Gasteiger partial charge in [0.2, 0.25) is 11.6 Å². The molecular formula is C16H15Cl2N3O2. The third kappa shape index (κ3) is 2.37. The second kappa shape index (κ2) is 5.56. The molecule has 2 aliphatic carbocycles. The Kier molecular flexibility index (Phi) is 3.65. The molecule has 2 aromatic heterocycles. The first-order chi connectivity index (χ1) is 11.1. The Morgan fingerprint density at radius 2 is 1.78 bits per heavy atom. The third-order valence-corrected chi connectivity index (χ3v) is 5.32. The van der Waals surface area contributed by atoms with Gasteiger partial charge in [0.15, 0.2) is 0 Å². The zero-order chi connectivity index (χ0) is 16.0. The van der Waals surface area contributed by atoms with Crippen LogP contribution in [-0.4, -0.2) is 20.9 Å². The zero-order valence-corrected chi connectivity index (χ0v) is 14.0. The van der Waals surface area contributed by atoms with Gasteiger partial charge < -0.3 is 4.52 Å². The van der Waals surface area contributed by atoms with Crippen molar-refractivity contribution in [3.8, 4) is 11.6 Å². The molecule has 2 aromatic rings. The van der Waals surface area contributed by atoms with E-state index in [0.29, 0.717) is 18.0 Å². The Labute approximate surface area is 143 Å². The maximum atomic E-state index is 12.6. The van der Waals surface area contributed by atoms with Gasteiger partial charge >= 0.3 is 0 Å². The molecule has 0 saturated heterocycles. The zero-order valence-electron chi connectivity index (χ0n) is 12.4. The molecule has 4 rings (SSSR count). The Bertz CT molecular complexity index is 769. The number of carbonyl (C=O) groups excluding carboxylic acids is 1. The lowest BCUT2D eigenvalue weighted by atomic mass is 9.64.